The molecule has 9 heteroatoms. The van der Waals surface area contributed by atoms with Crippen molar-refractivity contribution in [2.45, 2.75) is 19.3 Å². The lowest BCUT2D eigenvalue weighted by molar-refractivity contribution is -0.138. The number of aromatic hydroxyl groups is 1. The van der Waals surface area contributed by atoms with Gasteiger partial charge in [0.2, 0.25) is 11.8 Å². The molecule has 0 aliphatic rings. The third-order valence-electron chi connectivity index (χ3n) is 3.85. The summed E-state index contributed by atoms with van der Waals surface area (Å²) in [5.74, 6) is -0.601. The largest absolute Gasteiger partial charge is 0.492 e. The number of imidazole rings is 1. The smallest absolute Gasteiger partial charge is 0.421 e. The molecule has 0 saturated carbocycles. The number of anilines is 1. The average Bonchev–Trinajstić information content (AvgIpc) is 3.05. The number of benzene rings is 2. The Morgan fingerprint density at radius 2 is 1.79 bits per heavy atom. The fraction of sp³-hybridized carbons (Fsp3) is 0.158. The normalized spacial score (nSPS) is 11.2. The van der Waals surface area contributed by atoms with Gasteiger partial charge in [0.25, 0.3) is 0 Å². The van der Waals surface area contributed by atoms with Gasteiger partial charge in [-0.3, -0.25) is 0 Å². The zero-order valence-corrected chi connectivity index (χ0v) is 14.5. The first-order chi connectivity index (χ1) is 13.3. The van der Waals surface area contributed by atoms with Gasteiger partial charge < -0.3 is 15.2 Å². The topological polar surface area (TPSA) is 76.4 Å². The van der Waals surface area contributed by atoms with E-state index in [1.54, 1.807) is 24.3 Å². The summed E-state index contributed by atoms with van der Waals surface area (Å²) in [6.45, 7) is -0.257. The summed E-state index contributed by atoms with van der Waals surface area (Å²) in [7, 11) is 0. The minimum absolute atomic E-state index is 0.00500. The fourth-order valence-electron chi connectivity index (χ4n) is 2.55. The molecule has 0 radical (unpaired) electrons. The molecule has 1 aromatic heterocycles. The second kappa shape index (κ2) is 8.03. The molecule has 146 valence electrons. The maximum Gasteiger partial charge on any atom is 0.421 e. The van der Waals surface area contributed by atoms with E-state index < -0.39 is 23.7 Å². The number of ether oxygens (including phenoxy) is 1. The number of aromatic nitrogens is 2. The van der Waals surface area contributed by atoms with Crippen molar-refractivity contribution < 1.29 is 27.8 Å². The third-order valence-corrected chi connectivity index (χ3v) is 3.85. The van der Waals surface area contributed by atoms with Crippen LogP contribution >= 0.6 is 0 Å². The number of nitrogens with one attached hydrogen (secondary N) is 1. The zero-order chi connectivity index (χ0) is 20.1. The predicted octanol–water partition coefficient (Wildman–Crippen LogP) is 4.40. The fourth-order valence-corrected chi connectivity index (χ4v) is 2.55. The lowest BCUT2D eigenvalue weighted by atomic mass is 10.1. The van der Waals surface area contributed by atoms with Gasteiger partial charge >= 0.3 is 12.3 Å². The van der Waals surface area contributed by atoms with Gasteiger partial charge in [-0.2, -0.15) is 18.2 Å². The van der Waals surface area contributed by atoms with Gasteiger partial charge in [0.1, 0.15) is 6.61 Å². The third kappa shape index (κ3) is 4.61. The van der Waals surface area contributed by atoms with Crippen molar-refractivity contribution >= 4 is 12.0 Å². The standard InChI is InChI=1S/C19H16F3N3O3/c20-19(21,22)15-9-5-4-8-14(15)10-23-17-24-16(26)11-25(17)18(27)28-12-13-6-2-1-3-7-13/h1-9,11,26H,10,12H2,(H,23,24). The highest BCUT2D eigenvalue weighted by atomic mass is 19.4. The summed E-state index contributed by atoms with van der Waals surface area (Å²) in [6, 6.07) is 14.0. The number of hydrogen-bond acceptors (Lipinski definition) is 5. The van der Waals surface area contributed by atoms with Crippen molar-refractivity contribution in [1.82, 2.24) is 9.55 Å². The van der Waals surface area contributed by atoms with E-state index >= 15 is 0 Å². The van der Waals surface area contributed by atoms with Crippen LogP contribution in [0, 0.1) is 0 Å². The van der Waals surface area contributed by atoms with Crippen LogP contribution in [-0.2, 0) is 24.1 Å². The Kier molecular flexibility index (Phi) is 5.53. The van der Waals surface area contributed by atoms with Crippen LogP contribution in [0.1, 0.15) is 16.7 Å². The SMILES string of the molecule is O=C(OCc1ccccc1)n1cc(O)nc1NCc1ccccc1C(F)(F)F. The molecule has 0 spiro atoms. The molecule has 1 heterocycles. The monoisotopic (exact) mass is 391 g/mol. The highest BCUT2D eigenvalue weighted by molar-refractivity contribution is 5.74. The molecule has 3 aromatic rings. The van der Waals surface area contributed by atoms with Crippen LogP contribution in [0.25, 0.3) is 0 Å². The Hall–Kier alpha value is -3.49. The van der Waals surface area contributed by atoms with Crippen LogP contribution in [0.3, 0.4) is 0 Å². The number of halogens is 3. The summed E-state index contributed by atoms with van der Waals surface area (Å²) in [6.07, 6.45) is -4.32. The molecule has 0 aliphatic carbocycles. The first-order valence-electron chi connectivity index (χ1n) is 8.23. The molecular weight excluding hydrogens is 375 g/mol. The van der Waals surface area contributed by atoms with Gasteiger partial charge in [-0.1, -0.05) is 48.5 Å². The van der Waals surface area contributed by atoms with Gasteiger partial charge in [0.05, 0.1) is 11.8 Å². The molecule has 0 saturated heterocycles. The first-order valence-corrected chi connectivity index (χ1v) is 8.23. The van der Waals surface area contributed by atoms with E-state index in [0.29, 0.717) is 0 Å². The summed E-state index contributed by atoms with van der Waals surface area (Å²) in [4.78, 5) is 16.0. The van der Waals surface area contributed by atoms with Gasteiger partial charge in [0.15, 0.2) is 0 Å². The highest BCUT2D eigenvalue weighted by Gasteiger charge is 2.32. The second-order valence-electron chi connectivity index (χ2n) is 5.84. The maximum absolute atomic E-state index is 13.1. The van der Waals surface area contributed by atoms with Gasteiger partial charge in [-0.05, 0) is 17.2 Å². The van der Waals surface area contributed by atoms with Crippen LogP contribution in [0.2, 0.25) is 0 Å². The van der Waals surface area contributed by atoms with Crippen molar-refractivity contribution in [2.75, 3.05) is 5.32 Å². The second-order valence-corrected chi connectivity index (χ2v) is 5.84. The Morgan fingerprint density at radius 3 is 2.50 bits per heavy atom. The van der Waals surface area contributed by atoms with Crippen molar-refractivity contribution in [3.8, 4) is 5.88 Å². The van der Waals surface area contributed by atoms with Crippen molar-refractivity contribution in [3.05, 3.63) is 77.5 Å². The summed E-state index contributed by atoms with van der Waals surface area (Å²) in [5.41, 5.74) is -0.0630. The molecule has 6 nitrogen and oxygen atoms in total. The Morgan fingerprint density at radius 1 is 1.11 bits per heavy atom. The molecule has 0 fully saturated rings. The van der Waals surface area contributed by atoms with E-state index in [4.69, 9.17) is 4.74 Å². The quantitative estimate of drug-likeness (QED) is 0.674. The highest BCUT2D eigenvalue weighted by Crippen LogP contribution is 2.32. The molecular formula is C19H16F3N3O3. The summed E-state index contributed by atoms with van der Waals surface area (Å²) >= 11 is 0. The van der Waals surface area contributed by atoms with Crippen LogP contribution < -0.4 is 5.32 Å². The van der Waals surface area contributed by atoms with E-state index in [1.165, 1.54) is 18.2 Å². The predicted molar refractivity (Wildman–Crippen MR) is 94.7 cm³/mol. The average molecular weight is 391 g/mol. The summed E-state index contributed by atoms with van der Waals surface area (Å²) < 4.78 is 45.3. The Balaban J connectivity index is 1.72. The van der Waals surface area contributed by atoms with E-state index in [2.05, 4.69) is 10.3 Å². The van der Waals surface area contributed by atoms with E-state index in [0.717, 1.165) is 22.4 Å². The number of carbonyl (C=O) groups excluding carboxylic acids is 1. The summed E-state index contributed by atoms with van der Waals surface area (Å²) in [5, 5.41) is 12.2. The van der Waals surface area contributed by atoms with Crippen LogP contribution in [-0.4, -0.2) is 20.8 Å². The van der Waals surface area contributed by atoms with Crippen LogP contribution in [0.15, 0.2) is 60.8 Å². The molecule has 3 rings (SSSR count). The number of alkyl halides is 3. The molecule has 28 heavy (non-hydrogen) atoms. The molecule has 0 aliphatic heterocycles. The number of hydrogen-bond donors (Lipinski definition) is 2. The Bertz CT molecular complexity index is 956. The molecule has 2 N–H and O–H groups in total. The molecule has 0 amide bonds. The van der Waals surface area contributed by atoms with Crippen molar-refractivity contribution in [2.24, 2.45) is 0 Å². The van der Waals surface area contributed by atoms with Crippen LogP contribution in [0.5, 0.6) is 5.88 Å². The van der Waals surface area contributed by atoms with Crippen molar-refractivity contribution in [3.63, 3.8) is 0 Å². The lowest BCUT2D eigenvalue weighted by Gasteiger charge is -2.14. The van der Waals surface area contributed by atoms with E-state index in [9.17, 15) is 23.1 Å². The minimum atomic E-state index is -4.51. The maximum atomic E-state index is 13.1. The van der Waals surface area contributed by atoms with Crippen LogP contribution in [0.4, 0.5) is 23.9 Å². The van der Waals surface area contributed by atoms with E-state index in [1.807, 2.05) is 6.07 Å². The molecule has 0 atom stereocenters. The number of carbonyl (C=O) groups is 1. The van der Waals surface area contributed by atoms with Crippen molar-refractivity contribution in [1.29, 1.82) is 0 Å². The molecule has 2 aromatic carbocycles. The van der Waals surface area contributed by atoms with Gasteiger partial charge in [-0.15, -0.1) is 0 Å². The van der Waals surface area contributed by atoms with Gasteiger partial charge in [-0.25, -0.2) is 9.36 Å². The van der Waals surface area contributed by atoms with Gasteiger partial charge in [0, 0.05) is 6.54 Å². The molecule has 0 unspecified atom stereocenters. The van der Waals surface area contributed by atoms with E-state index in [-0.39, 0.29) is 24.7 Å². The minimum Gasteiger partial charge on any atom is -0.492 e. The number of nitrogens with zero attached hydrogens (tertiary/aromatic N) is 2. The molecule has 0 bridgehead atoms. The number of rotatable bonds is 5. The zero-order valence-electron chi connectivity index (χ0n) is 14.5. The first kappa shape index (κ1) is 19.3. The lowest BCUT2D eigenvalue weighted by Crippen LogP contribution is -2.17. The Labute approximate surface area is 158 Å².